The maximum atomic E-state index is 12.6. The van der Waals surface area contributed by atoms with Gasteiger partial charge in [0.2, 0.25) is 0 Å². The summed E-state index contributed by atoms with van der Waals surface area (Å²) in [6, 6.07) is 14.5. The van der Waals surface area contributed by atoms with Crippen molar-refractivity contribution in [3.05, 3.63) is 66.7 Å². The highest BCUT2D eigenvalue weighted by Crippen LogP contribution is 2.19. The lowest BCUT2D eigenvalue weighted by Crippen LogP contribution is -2.34. The number of nitrogens with one attached hydrogen (secondary N) is 2. The molecule has 0 spiro atoms. The van der Waals surface area contributed by atoms with Crippen LogP contribution in [-0.2, 0) is 0 Å². The number of thiocarbonyl (C=S) groups is 1. The van der Waals surface area contributed by atoms with Crippen LogP contribution < -0.4 is 20.1 Å². The Hall–Kier alpha value is -2.86. The summed E-state index contributed by atoms with van der Waals surface area (Å²) in [6.07, 6.45) is 6.14. The molecule has 0 bridgehead atoms. The highest BCUT2D eigenvalue weighted by molar-refractivity contribution is 7.80. The van der Waals surface area contributed by atoms with Gasteiger partial charge in [0.1, 0.15) is 18.1 Å². The average Bonchev–Trinajstić information content (AvgIpc) is 2.73. The first kappa shape index (κ1) is 22.4. The number of ether oxygens (including phenoxy) is 2. The molecule has 154 valence electrons. The molecule has 0 saturated heterocycles. The fourth-order valence-electron chi connectivity index (χ4n) is 2.61. The van der Waals surface area contributed by atoms with Crippen LogP contribution >= 0.6 is 12.2 Å². The molecule has 2 rings (SSSR count). The van der Waals surface area contributed by atoms with E-state index in [0.29, 0.717) is 24.5 Å². The van der Waals surface area contributed by atoms with E-state index in [9.17, 15) is 4.79 Å². The quantitative estimate of drug-likeness (QED) is 0.296. The van der Waals surface area contributed by atoms with Crippen LogP contribution in [0.2, 0.25) is 0 Å². The van der Waals surface area contributed by atoms with E-state index in [-0.39, 0.29) is 11.0 Å². The molecular weight excluding hydrogens is 384 g/mol. The van der Waals surface area contributed by atoms with Crippen LogP contribution in [0.3, 0.4) is 0 Å². The van der Waals surface area contributed by atoms with E-state index >= 15 is 0 Å². The molecule has 0 fully saturated rings. The van der Waals surface area contributed by atoms with Gasteiger partial charge in [0.15, 0.2) is 5.11 Å². The van der Waals surface area contributed by atoms with Crippen molar-refractivity contribution >= 4 is 28.9 Å². The average molecular weight is 413 g/mol. The van der Waals surface area contributed by atoms with E-state index in [4.69, 9.17) is 21.7 Å². The lowest BCUT2D eigenvalue weighted by Gasteiger charge is -2.13. The third-order valence-corrected chi connectivity index (χ3v) is 4.30. The van der Waals surface area contributed by atoms with Crippen LogP contribution in [0.25, 0.3) is 0 Å². The largest absolute Gasteiger partial charge is 0.493 e. The molecule has 0 radical (unpaired) electrons. The number of anilines is 1. The summed E-state index contributed by atoms with van der Waals surface area (Å²) >= 11 is 5.27. The molecule has 1 amide bonds. The lowest BCUT2D eigenvalue weighted by atomic mass is 10.2. The predicted octanol–water partition coefficient (Wildman–Crippen LogP) is 5.34. The molecule has 0 heterocycles. The predicted molar refractivity (Wildman–Crippen MR) is 122 cm³/mol. The summed E-state index contributed by atoms with van der Waals surface area (Å²) < 4.78 is 11.2. The summed E-state index contributed by atoms with van der Waals surface area (Å²) in [7, 11) is 0. The van der Waals surface area contributed by atoms with E-state index in [1.54, 1.807) is 24.3 Å². The van der Waals surface area contributed by atoms with Crippen LogP contribution in [0.4, 0.5) is 5.69 Å². The summed E-state index contributed by atoms with van der Waals surface area (Å²) in [5.74, 6) is 0.987. The number of para-hydroxylation sites is 1. The molecule has 0 aromatic heterocycles. The third kappa shape index (κ3) is 7.95. The number of carbonyl (C=O) groups excluding carboxylic acids is 1. The molecule has 6 heteroatoms. The number of unbranched alkanes of at least 4 members (excludes halogenated alkanes) is 3. The van der Waals surface area contributed by atoms with Crippen molar-refractivity contribution in [1.82, 2.24) is 5.32 Å². The SMILES string of the molecule is C=CCOc1ccc(NC(=S)NC(=O)c2ccccc2OCCCCCC)cc1. The van der Waals surface area contributed by atoms with Crippen molar-refractivity contribution in [3.63, 3.8) is 0 Å². The minimum atomic E-state index is -0.308. The Labute approximate surface area is 178 Å². The Morgan fingerprint density at radius 3 is 2.55 bits per heavy atom. The third-order valence-electron chi connectivity index (χ3n) is 4.09. The lowest BCUT2D eigenvalue weighted by molar-refractivity contribution is 0.0973. The molecule has 0 aliphatic carbocycles. The van der Waals surface area contributed by atoms with Crippen LogP contribution in [0.1, 0.15) is 43.0 Å². The normalized spacial score (nSPS) is 10.1. The molecule has 2 aromatic rings. The first-order valence-electron chi connectivity index (χ1n) is 9.82. The number of rotatable bonds is 11. The molecule has 0 atom stereocenters. The van der Waals surface area contributed by atoms with Gasteiger partial charge in [-0.05, 0) is 55.0 Å². The van der Waals surface area contributed by atoms with Gasteiger partial charge in [-0.1, -0.05) is 51.0 Å². The zero-order valence-electron chi connectivity index (χ0n) is 16.8. The van der Waals surface area contributed by atoms with E-state index in [1.807, 2.05) is 30.3 Å². The topological polar surface area (TPSA) is 59.6 Å². The molecule has 0 unspecified atom stereocenters. The summed E-state index contributed by atoms with van der Waals surface area (Å²) in [4.78, 5) is 12.6. The van der Waals surface area contributed by atoms with Crippen molar-refractivity contribution in [2.45, 2.75) is 32.6 Å². The zero-order valence-corrected chi connectivity index (χ0v) is 17.6. The van der Waals surface area contributed by atoms with Gasteiger partial charge >= 0.3 is 0 Å². The van der Waals surface area contributed by atoms with Crippen LogP contribution in [0.5, 0.6) is 11.5 Å². The highest BCUT2D eigenvalue weighted by Gasteiger charge is 2.13. The van der Waals surface area contributed by atoms with Gasteiger partial charge in [0, 0.05) is 5.69 Å². The monoisotopic (exact) mass is 412 g/mol. The van der Waals surface area contributed by atoms with E-state index in [0.717, 1.165) is 24.3 Å². The van der Waals surface area contributed by atoms with Crippen molar-refractivity contribution in [3.8, 4) is 11.5 Å². The van der Waals surface area contributed by atoms with Crippen molar-refractivity contribution < 1.29 is 14.3 Å². The van der Waals surface area contributed by atoms with Gasteiger partial charge in [-0.3, -0.25) is 10.1 Å². The Morgan fingerprint density at radius 1 is 1.07 bits per heavy atom. The van der Waals surface area contributed by atoms with Gasteiger partial charge in [0.25, 0.3) is 5.91 Å². The Bertz CT molecular complexity index is 806. The minimum Gasteiger partial charge on any atom is -0.493 e. The zero-order chi connectivity index (χ0) is 20.9. The van der Waals surface area contributed by atoms with Crippen LogP contribution in [-0.4, -0.2) is 24.2 Å². The van der Waals surface area contributed by atoms with Crippen molar-refractivity contribution in [2.75, 3.05) is 18.5 Å². The van der Waals surface area contributed by atoms with Gasteiger partial charge in [-0.2, -0.15) is 0 Å². The highest BCUT2D eigenvalue weighted by atomic mass is 32.1. The molecule has 29 heavy (non-hydrogen) atoms. The summed E-state index contributed by atoms with van der Waals surface area (Å²) in [5.41, 5.74) is 1.21. The fraction of sp³-hybridized carbons (Fsp3) is 0.304. The molecule has 2 aromatic carbocycles. The van der Waals surface area contributed by atoms with Crippen LogP contribution in [0, 0.1) is 0 Å². The Morgan fingerprint density at radius 2 is 1.83 bits per heavy atom. The number of benzene rings is 2. The number of amides is 1. The second kappa shape index (κ2) is 12.6. The molecule has 5 nitrogen and oxygen atoms in total. The number of carbonyl (C=O) groups is 1. The number of hydrogen-bond acceptors (Lipinski definition) is 4. The summed E-state index contributed by atoms with van der Waals surface area (Å²) in [5, 5.41) is 5.91. The first-order chi connectivity index (χ1) is 14.1. The van der Waals surface area contributed by atoms with Gasteiger partial charge in [0.05, 0.1) is 12.2 Å². The van der Waals surface area contributed by atoms with Crippen molar-refractivity contribution in [2.24, 2.45) is 0 Å². The fourth-order valence-corrected chi connectivity index (χ4v) is 2.82. The van der Waals surface area contributed by atoms with E-state index < -0.39 is 0 Å². The second-order valence-electron chi connectivity index (χ2n) is 6.44. The van der Waals surface area contributed by atoms with Gasteiger partial charge in [-0.15, -0.1) is 0 Å². The smallest absolute Gasteiger partial charge is 0.261 e. The Kier molecular flexibility index (Phi) is 9.72. The minimum absolute atomic E-state index is 0.215. The second-order valence-corrected chi connectivity index (χ2v) is 6.85. The summed E-state index contributed by atoms with van der Waals surface area (Å²) in [6.45, 7) is 6.82. The van der Waals surface area contributed by atoms with Crippen molar-refractivity contribution in [1.29, 1.82) is 0 Å². The van der Waals surface area contributed by atoms with E-state index in [2.05, 4.69) is 24.1 Å². The molecule has 2 N–H and O–H groups in total. The maximum absolute atomic E-state index is 12.6. The first-order valence-corrected chi connectivity index (χ1v) is 10.2. The molecule has 0 aliphatic rings. The van der Waals surface area contributed by atoms with Crippen LogP contribution in [0.15, 0.2) is 61.2 Å². The van der Waals surface area contributed by atoms with Gasteiger partial charge < -0.3 is 14.8 Å². The number of hydrogen-bond donors (Lipinski definition) is 2. The molecule has 0 saturated carbocycles. The van der Waals surface area contributed by atoms with E-state index in [1.165, 1.54) is 12.8 Å². The van der Waals surface area contributed by atoms with Gasteiger partial charge in [-0.25, -0.2) is 0 Å². The molecule has 0 aliphatic heterocycles. The Balaban J connectivity index is 1.89. The standard InChI is InChI=1S/C23H28N2O3S/c1-3-5-6-9-17-28-21-11-8-7-10-20(21)22(26)25-23(29)24-18-12-14-19(15-13-18)27-16-4-2/h4,7-8,10-15H,2-3,5-6,9,16-17H2,1H3,(H2,24,25,26,29). The maximum Gasteiger partial charge on any atom is 0.261 e. The molecular formula is C23H28N2O3S.